The first-order chi connectivity index (χ1) is 10.8. The third-order valence-electron chi connectivity index (χ3n) is 4.06. The Morgan fingerprint density at radius 1 is 1.18 bits per heavy atom. The van der Waals surface area contributed by atoms with Crippen molar-refractivity contribution >= 4 is 11.4 Å². The Kier molecular flexibility index (Phi) is 4.19. The highest BCUT2D eigenvalue weighted by molar-refractivity contribution is 5.90. The quantitative estimate of drug-likeness (QED) is 0.942. The molecule has 0 atom stereocenters. The van der Waals surface area contributed by atoms with Crippen LogP contribution in [0.2, 0.25) is 0 Å². The maximum atomic E-state index is 9.53. The molecule has 5 nitrogen and oxygen atoms in total. The van der Waals surface area contributed by atoms with Crippen molar-refractivity contribution in [3.8, 4) is 17.3 Å². The molecule has 1 aliphatic heterocycles. The summed E-state index contributed by atoms with van der Waals surface area (Å²) < 4.78 is 0. The summed E-state index contributed by atoms with van der Waals surface area (Å²) in [5, 5.41) is 12.8. The van der Waals surface area contributed by atoms with E-state index in [0.717, 1.165) is 35.7 Å². The first kappa shape index (κ1) is 14.3. The van der Waals surface area contributed by atoms with Crippen LogP contribution in [0.5, 0.6) is 0 Å². The van der Waals surface area contributed by atoms with Gasteiger partial charge in [0.15, 0.2) is 0 Å². The molecule has 112 valence electrons. The van der Waals surface area contributed by atoms with Gasteiger partial charge in [-0.05, 0) is 31.4 Å². The molecule has 22 heavy (non-hydrogen) atoms. The molecule has 5 heteroatoms. The summed E-state index contributed by atoms with van der Waals surface area (Å²) in [5.74, 6) is 0. The minimum Gasteiger partial charge on any atom is -0.386 e. The molecule has 0 spiro atoms. The molecule has 0 unspecified atom stereocenters. The van der Waals surface area contributed by atoms with Crippen LogP contribution in [0.1, 0.15) is 24.8 Å². The van der Waals surface area contributed by atoms with Gasteiger partial charge in [0.2, 0.25) is 0 Å². The number of rotatable bonds is 3. The molecule has 0 amide bonds. The van der Waals surface area contributed by atoms with Gasteiger partial charge in [-0.3, -0.25) is 9.97 Å². The van der Waals surface area contributed by atoms with Gasteiger partial charge < -0.3 is 10.2 Å². The zero-order valence-electron chi connectivity index (χ0n) is 12.7. The van der Waals surface area contributed by atoms with Gasteiger partial charge in [0.25, 0.3) is 0 Å². The molecular weight excluding hydrogens is 274 g/mol. The van der Waals surface area contributed by atoms with E-state index in [1.165, 1.54) is 19.3 Å². The minimum absolute atomic E-state index is 0.639. The number of aromatic nitrogens is 2. The second kappa shape index (κ2) is 6.44. The number of hydrogen-bond acceptors (Lipinski definition) is 5. The molecule has 1 N–H and O–H groups in total. The van der Waals surface area contributed by atoms with E-state index in [0.29, 0.717) is 5.56 Å². The molecule has 1 aromatic heterocycles. The first-order valence-electron chi connectivity index (χ1n) is 7.61. The van der Waals surface area contributed by atoms with Crippen LogP contribution in [0.4, 0.5) is 11.4 Å². The lowest BCUT2D eigenvalue weighted by atomic mass is 9.99. The van der Waals surface area contributed by atoms with E-state index in [1.807, 2.05) is 19.2 Å². The second-order valence-electron chi connectivity index (χ2n) is 5.38. The van der Waals surface area contributed by atoms with Crippen LogP contribution >= 0.6 is 0 Å². The van der Waals surface area contributed by atoms with Crippen LogP contribution in [0.25, 0.3) is 11.3 Å². The SMILES string of the molecule is CNc1ccc(C#N)c(-c2cnccn2)c1N1CCCCC1. The highest BCUT2D eigenvalue weighted by Crippen LogP contribution is 2.39. The van der Waals surface area contributed by atoms with Crippen LogP contribution < -0.4 is 10.2 Å². The molecular formula is C17H19N5. The lowest BCUT2D eigenvalue weighted by molar-refractivity contribution is 0.578. The Hall–Kier alpha value is -2.61. The second-order valence-corrected chi connectivity index (χ2v) is 5.38. The van der Waals surface area contributed by atoms with Gasteiger partial charge in [-0.25, -0.2) is 0 Å². The molecule has 1 saturated heterocycles. The third kappa shape index (κ3) is 2.60. The van der Waals surface area contributed by atoms with Gasteiger partial charge in [0.05, 0.1) is 34.9 Å². The van der Waals surface area contributed by atoms with Crippen LogP contribution in [-0.4, -0.2) is 30.1 Å². The van der Waals surface area contributed by atoms with Crippen molar-refractivity contribution in [1.29, 1.82) is 5.26 Å². The largest absolute Gasteiger partial charge is 0.386 e. The Bertz CT molecular complexity index is 684. The number of piperidine rings is 1. The van der Waals surface area contributed by atoms with Crippen LogP contribution in [0, 0.1) is 11.3 Å². The number of nitriles is 1. The van der Waals surface area contributed by atoms with E-state index < -0.39 is 0 Å². The van der Waals surface area contributed by atoms with E-state index in [9.17, 15) is 5.26 Å². The summed E-state index contributed by atoms with van der Waals surface area (Å²) in [7, 11) is 1.91. The molecule has 0 saturated carbocycles. The smallest absolute Gasteiger partial charge is 0.0999 e. The van der Waals surface area contributed by atoms with E-state index in [1.54, 1.807) is 18.6 Å². The van der Waals surface area contributed by atoms with Gasteiger partial charge in [0, 0.05) is 38.1 Å². The molecule has 2 aromatic rings. The van der Waals surface area contributed by atoms with Crippen LogP contribution in [-0.2, 0) is 0 Å². The fraction of sp³-hybridized carbons (Fsp3) is 0.353. The lowest BCUT2D eigenvalue weighted by Gasteiger charge is -2.32. The van der Waals surface area contributed by atoms with Gasteiger partial charge in [-0.2, -0.15) is 5.26 Å². The zero-order valence-corrected chi connectivity index (χ0v) is 12.7. The van der Waals surface area contributed by atoms with Crippen molar-refractivity contribution in [3.05, 3.63) is 36.3 Å². The van der Waals surface area contributed by atoms with Crippen molar-refractivity contribution in [1.82, 2.24) is 9.97 Å². The van der Waals surface area contributed by atoms with Crippen molar-refractivity contribution in [2.75, 3.05) is 30.4 Å². The van der Waals surface area contributed by atoms with Gasteiger partial charge >= 0.3 is 0 Å². The summed E-state index contributed by atoms with van der Waals surface area (Å²) in [6.07, 6.45) is 8.67. The average molecular weight is 293 g/mol. The first-order valence-corrected chi connectivity index (χ1v) is 7.61. The van der Waals surface area contributed by atoms with E-state index in [2.05, 4.69) is 26.3 Å². The maximum absolute atomic E-state index is 9.53. The van der Waals surface area contributed by atoms with Crippen LogP contribution in [0.3, 0.4) is 0 Å². The summed E-state index contributed by atoms with van der Waals surface area (Å²) >= 11 is 0. The molecule has 0 bridgehead atoms. The fourth-order valence-electron chi connectivity index (χ4n) is 3.02. The van der Waals surface area contributed by atoms with E-state index in [-0.39, 0.29) is 0 Å². The Balaban J connectivity index is 2.22. The summed E-state index contributed by atoms with van der Waals surface area (Å²) in [6.45, 7) is 2.02. The van der Waals surface area contributed by atoms with Crippen molar-refractivity contribution < 1.29 is 0 Å². The minimum atomic E-state index is 0.639. The Labute approximate surface area is 130 Å². The molecule has 1 aromatic carbocycles. The molecule has 3 rings (SSSR count). The predicted octanol–water partition coefficient (Wildman–Crippen LogP) is 3.05. The van der Waals surface area contributed by atoms with Gasteiger partial charge in [0.1, 0.15) is 0 Å². The molecule has 0 aliphatic carbocycles. The number of anilines is 2. The maximum Gasteiger partial charge on any atom is 0.0999 e. The highest BCUT2D eigenvalue weighted by Gasteiger charge is 2.22. The summed E-state index contributed by atoms with van der Waals surface area (Å²) in [4.78, 5) is 10.9. The Morgan fingerprint density at radius 3 is 2.64 bits per heavy atom. The molecule has 2 heterocycles. The van der Waals surface area contributed by atoms with E-state index in [4.69, 9.17) is 0 Å². The number of benzene rings is 1. The number of nitrogens with zero attached hydrogens (tertiary/aromatic N) is 4. The number of hydrogen-bond donors (Lipinski definition) is 1. The van der Waals surface area contributed by atoms with E-state index >= 15 is 0 Å². The highest BCUT2D eigenvalue weighted by atomic mass is 15.2. The molecule has 1 fully saturated rings. The molecule has 1 aliphatic rings. The van der Waals surface area contributed by atoms with Crippen molar-refractivity contribution in [2.24, 2.45) is 0 Å². The summed E-state index contributed by atoms with van der Waals surface area (Å²) in [5.41, 5.74) is 4.37. The van der Waals surface area contributed by atoms with Crippen molar-refractivity contribution in [2.45, 2.75) is 19.3 Å². The van der Waals surface area contributed by atoms with Gasteiger partial charge in [-0.1, -0.05) is 0 Å². The summed E-state index contributed by atoms with van der Waals surface area (Å²) in [6, 6.07) is 6.13. The van der Waals surface area contributed by atoms with Gasteiger partial charge in [-0.15, -0.1) is 0 Å². The topological polar surface area (TPSA) is 64.8 Å². The fourth-order valence-corrected chi connectivity index (χ4v) is 3.02. The third-order valence-corrected chi connectivity index (χ3v) is 4.06. The predicted molar refractivity (Wildman–Crippen MR) is 87.8 cm³/mol. The van der Waals surface area contributed by atoms with Crippen LogP contribution in [0.15, 0.2) is 30.7 Å². The Morgan fingerprint density at radius 2 is 2.00 bits per heavy atom. The average Bonchev–Trinajstić information content (AvgIpc) is 2.61. The lowest BCUT2D eigenvalue weighted by Crippen LogP contribution is -2.30. The van der Waals surface area contributed by atoms with Crippen molar-refractivity contribution in [3.63, 3.8) is 0 Å². The molecule has 0 radical (unpaired) electrons. The zero-order chi connectivity index (χ0) is 15.4. The number of nitrogens with one attached hydrogen (secondary N) is 1. The standard InChI is InChI=1S/C17H19N5/c1-19-14-6-5-13(11-18)16(15-12-20-7-8-21-15)17(14)22-9-3-2-4-10-22/h5-8,12,19H,2-4,9-10H2,1H3. The monoisotopic (exact) mass is 293 g/mol. The normalized spacial score (nSPS) is 14.5.